The molecule has 0 aliphatic carbocycles. The molecule has 76 valence electrons. The van der Waals surface area contributed by atoms with Gasteiger partial charge in [0.2, 0.25) is 0 Å². The Morgan fingerprint density at radius 2 is 2.20 bits per heavy atom. The van der Waals surface area contributed by atoms with Gasteiger partial charge in [0, 0.05) is 17.4 Å². The van der Waals surface area contributed by atoms with E-state index in [0.717, 1.165) is 0 Å². The van der Waals surface area contributed by atoms with Crippen LogP contribution in [0.1, 0.15) is 0 Å². The summed E-state index contributed by atoms with van der Waals surface area (Å²) in [6.07, 6.45) is 3.02. The first-order valence-electron chi connectivity index (χ1n) is 4.27. The number of benzene rings is 1. The maximum Gasteiger partial charge on any atom is 0.297 e. The molecule has 1 aromatic heterocycles. The number of aromatic nitrogens is 2. The fraction of sp³-hybridized carbons (Fsp3) is 0. The van der Waals surface area contributed by atoms with Gasteiger partial charge < -0.3 is 5.73 Å². The van der Waals surface area contributed by atoms with Crippen LogP contribution in [0, 0.1) is 0 Å². The van der Waals surface area contributed by atoms with Gasteiger partial charge in [0.1, 0.15) is 0 Å². The third kappa shape index (κ3) is 1.85. The molecular weight excluding hydrogens is 214 g/mol. The van der Waals surface area contributed by atoms with E-state index in [9.17, 15) is 4.79 Å². The molecule has 2 aromatic rings. The van der Waals surface area contributed by atoms with Gasteiger partial charge in [-0.2, -0.15) is 0 Å². The smallest absolute Gasteiger partial charge is 0.297 e. The van der Waals surface area contributed by atoms with Crippen LogP contribution < -0.4 is 11.3 Å². The first-order chi connectivity index (χ1) is 7.18. The molecule has 2 rings (SSSR count). The van der Waals surface area contributed by atoms with Gasteiger partial charge >= 0.3 is 0 Å². The summed E-state index contributed by atoms with van der Waals surface area (Å²) < 4.78 is 1.40. The van der Waals surface area contributed by atoms with Crippen molar-refractivity contribution in [2.24, 2.45) is 0 Å². The zero-order valence-electron chi connectivity index (χ0n) is 7.72. The topological polar surface area (TPSA) is 60.9 Å². The molecule has 2 N–H and O–H groups in total. The Morgan fingerprint density at radius 1 is 1.40 bits per heavy atom. The SMILES string of the molecule is Nc1nccn(-c2cccc(Cl)c2)c1=O. The summed E-state index contributed by atoms with van der Waals surface area (Å²) in [5.41, 5.74) is 5.74. The highest BCUT2D eigenvalue weighted by atomic mass is 35.5. The normalized spacial score (nSPS) is 10.2. The number of nitrogen functional groups attached to an aromatic ring is 1. The van der Waals surface area contributed by atoms with E-state index in [0.29, 0.717) is 10.7 Å². The van der Waals surface area contributed by atoms with E-state index in [1.54, 1.807) is 30.5 Å². The van der Waals surface area contributed by atoms with E-state index in [-0.39, 0.29) is 11.4 Å². The molecule has 0 amide bonds. The van der Waals surface area contributed by atoms with Gasteiger partial charge in [0.15, 0.2) is 5.82 Å². The molecule has 1 aromatic carbocycles. The molecule has 0 bridgehead atoms. The second-order valence-corrected chi connectivity index (χ2v) is 3.40. The van der Waals surface area contributed by atoms with Crippen molar-refractivity contribution in [3.05, 3.63) is 52.0 Å². The van der Waals surface area contributed by atoms with Gasteiger partial charge in [-0.1, -0.05) is 17.7 Å². The summed E-state index contributed by atoms with van der Waals surface area (Å²) in [6, 6.07) is 6.95. The number of anilines is 1. The first kappa shape index (κ1) is 9.73. The number of rotatable bonds is 1. The van der Waals surface area contributed by atoms with E-state index >= 15 is 0 Å². The average Bonchev–Trinajstić information content (AvgIpc) is 2.22. The van der Waals surface area contributed by atoms with Crippen LogP contribution in [0.3, 0.4) is 0 Å². The van der Waals surface area contributed by atoms with Gasteiger partial charge in [-0.3, -0.25) is 9.36 Å². The van der Waals surface area contributed by atoms with Gasteiger partial charge in [-0.25, -0.2) is 4.98 Å². The Morgan fingerprint density at radius 3 is 2.93 bits per heavy atom. The van der Waals surface area contributed by atoms with E-state index in [2.05, 4.69) is 4.98 Å². The van der Waals surface area contributed by atoms with Crippen molar-refractivity contribution in [1.82, 2.24) is 9.55 Å². The lowest BCUT2D eigenvalue weighted by molar-refractivity contribution is 0.964. The summed E-state index contributed by atoms with van der Waals surface area (Å²) in [6.45, 7) is 0. The largest absolute Gasteiger partial charge is 0.379 e. The Balaban J connectivity index is 2.65. The summed E-state index contributed by atoms with van der Waals surface area (Å²) in [4.78, 5) is 15.3. The third-order valence-electron chi connectivity index (χ3n) is 1.95. The van der Waals surface area contributed by atoms with Gasteiger partial charge in [0.25, 0.3) is 5.56 Å². The number of nitrogens with zero attached hydrogens (tertiary/aromatic N) is 2. The number of hydrogen-bond donors (Lipinski definition) is 1. The molecule has 0 saturated heterocycles. The predicted molar refractivity (Wildman–Crippen MR) is 59.3 cm³/mol. The lowest BCUT2D eigenvalue weighted by atomic mass is 10.3. The number of nitrogens with two attached hydrogens (primary N) is 1. The molecule has 0 fully saturated rings. The highest BCUT2D eigenvalue weighted by molar-refractivity contribution is 6.30. The van der Waals surface area contributed by atoms with Crippen LogP contribution in [0.5, 0.6) is 0 Å². The lowest BCUT2D eigenvalue weighted by Crippen LogP contribution is -2.21. The molecule has 15 heavy (non-hydrogen) atoms. The highest BCUT2D eigenvalue weighted by Gasteiger charge is 2.02. The number of hydrogen-bond acceptors (Lipinski definition) is 3. The van der Waals surface area contributed by atoms with Crippen molar-refractivity contribution in [3.8, 4) is 5.69 Å². The minimum Gasteiger partial charge on any atom is -0.379 e. The molecule has 0 radical (unpaired) electrons. The molecule has 0 aliphatic rings. The summed E-state index contributed by atoms with van der Waals surface area (Å²) in [5.74, 6) is -0.0301. The monoisotopic (exact) mass is 221 g/mol. The Labute approximate surface area is 90.9 Å². The Hall–Kier alpha value is -1.81. The van der Waals surface area contributed by atoms with E-state index in [4.69, 9.17) is 17.3 Å². The minimum absolute atomic E-state index is 0.0301. The van der Waals surface area contributed by atoms with Crippen molar-refractivity contribution in [1.29, 1.82) is 0 Å². The van der Waals surface area contributed by atoms with Gasteiger partial charge in [0.05, 0.1) is 5.69 Å². The highest BCUT2D eigenvalue weighted by Crippen LogP contribution is 2.13. The first-order valence-corrected chi connectivity index (χ1v) is 4.65. The summed E-state index contributed by atoms with van der Waals surface area (Å²) >= 11 is 5.82. The van der Waals surface area contributed by atoms with E-state index in [1.165, 1.54) is 10.8 Å². The van der Waals surface area contributed by atoms with Crippen molar-refractivity contribution in [2.45, 2.75) is 0 Å². The zero-order chi connectivity index (χ0) is 10.8. The fourth-order valence-electron chi connectivity index (χ4n) is 1.26. The second-order valence-electron chi connectivity index (χ2n) is 2.97. The Bertz CT molecular complexity index is 550. The number of halogens is 1. The molecule has 0 aliphatic heterocycles. The standard InChI is InChI=1S/C10H8ClN3O/c11-7-2-1-3-8(6-7)14-5-4-13-9(12)10(14)15/h1-6H,(H2,12,13). The lowest BCUT2D eigenvalue weighted by Gasteiger charge is -2.05. The van der Waals surface area contributed by atoms with Crippen molar-refractivity contribution in [2.75, 3.05) is 5.73 Å². The van der Waals surface area contributed by atoms with E-state index < -0.39 is 0 Å². The molecule has 1 heterocycles. The van der Waals surface area contributed by atoms with E-state index in [1.807, 2.05) is 0 Å². The molecule has 0 atom stereocenters. The summed E-state index contributed by atoms with van der Waals surface area (Å²) in [7, 11) is 0. The summed E-state index contributed by atoms with van der Waals surface area (Å²) in [5, 5.41) is 0.565. The zero-order valence-corrected chi connectivity index (χ0v) is 8.48. The predicted octanol–water partition coefficient (Wildman–Crippen LogP) is 1.47. The molecule has 5 heteroatoms. The molecule has 0 unspecified atom stereocenters. The van der Waals surface area contributed by atoms with Gasteiger partial charge in [-0.15, -0.1) is 0 Å². The Kier molecular flexibility index (Phi) is 2.43. The van der Waals surface area contributed by atoms with Crippen LogP contribution in [0.15, 0.2) is 41.5 Å². The van der Waals surface area contributed by atoms with Crippen LogP contribution in [0.4, 0.5) is 5.82 Å². The third-order valence-corrected chi connectivity index (χ3v) is 2.19. The van der Waals surface area contributed by atoms with Gasteiger partial charge in [-0.05, 0) is 18.2 Å². The second kappa shape index (κ2) is 3.74. The van der Waals surface area contributed by atoms with Crippen LogP contribution >= 0.6 is 11.6 Å². The minimum atomic E-state index is -0.347. The van der Waals surface area contributed by atoms with Crippen molar-refractivity contribution in [3.63, 3.8) is 0 Å². The molecule has 4 nitrogen and oxygen atoms in total. The maximum absolute atomic E-state index is 11.6. The van der Waals surface area contributed by atoms with Crippen LogP contribution in [0.2, 0.25) is 5.02 Å². The average molecular weight is 222 g/mol. The van der Waals surface area contributed by atoms with Crippen LogP contribution in [-0.2, 0) is 0 Å². The molecule has 0 saturated carbocycles. The van der Waals surface area contributed by atoms with Crippen LogP contribution in [0.25, 0.3) is 5.69 Å². The maximum atomic E-state index is 11.6. The molecular formula is C10H8ClN3O. The van der Waals surface area contributed by atoms with Crippen molar-refractivity contribution >= 4 is 17.4 Å². The van der Waals surface area contributed by atoms with Crippen LogP contribution in [-0.4, -0.2) is 9.55 Å². The fourth-order valence-corrected chi connectivity index (χ4v) is 1.44. The van der Waals surface area contributed by atoms with Crippen molar-refractivity contribution < 1.29 is 0 Å². The quantitative estimate of drug-likeness (QED) is 0.793. The molecule has 0 spiro atoms.